The van der Waals surface area contributed by atoms with Crippen LogP contribution in [0, 0.1) is 6.92 Å². The van der Waals surface area contributed by atoms with Gasteiger partial charge in [-0.1, -0.05) is 36.2 Å². The van der Waals surface area contributed by atoms with Crippen molar-refractivity contribution in [1.82, 2.24) is 14.9 Å². The Bertz CT molecular complexity index is 1610. The molecule has 9 nitrogen and oxygen atoms in total. The second-order valence-electron chi connectivity index (χ2n) is 10.2. The van der Waals surface area contributed by atoms with E-state index in [9.17, 15) is 4.79 Å². The zero-order valence-corrected chi connectivity index (χ0v) is 27.2. The van der Waals surface area contributed by atoms with Crippen LogP contribution in [0.5, 0.6) is 11.5 Å². The number of fused-ring (bicyclic) bond motifs is 1. The van der Waals surface area contributed by atoms with Crippen LogP contribution in [0.3, 0.4) is 0 Å². The number of benzene rings is 2. The van der Waals surface area contributed by atoms with Gasteiger partial charge in [-0.15, -0.1) is 6.58 Å². The second-order valence-corrected chi connectivity index (χ2v) is 10.9. The summed E-state index contributed by atoms with van der Waals surface area (Å²) in [5.41, 5.74) is 4.64. The van der Waals surface area contributed by atoms with Crippen molar-refractivity contribution in [1.29, 1.82) is 0 Å². The molecule has 0 bridgehead atoms. The van der Waals surface area contributed by atoms with E-state index in [1.165, 1.54) is 14.2 Å². The number of piperazine rings is 1. The number of carbonyl (C=O) groups is 1. The van der Waals surface area contributed by atoms with E-state index < -0.39 is 0 Å². The van der Waals surface area contributed by atoms with E-state index in [1.54, 1.807) is 24.5 Å². The second kappa shape index (κ2) is 15.1. The Morgan fingerprint density at radius 2 is 1.57 bits per heavy atom. The zero-order valence-electron chi connectivity index (χ0n) is 25.7. The molecular weight excluding hydrogens is 599 g/mol. The fourth-order valence-corrected chi connectivity index (χ4v) is 5.79. The number of aryl methyl sites for hydroxylation is 1. The minimum atomic E-state index is 0.345. The Morgan fingerprint density at radius 3 is 2.16 bits per heavy atom. The van der Waals surface area contributed by atoms with E-state index in [4.69, 9.17) is 32.7 Å². The Labute approximate surface area is 268 Å². The van der Waals surface area contributed by atoms with Crippen LogP contribution in [-0.2, 0) is 4.79 Å². The minimum absolute atomic E-state index is 0.345. The largest absolute Gasteiger partial charge is 0.495 e. The molecule has 2 aromatic carbocycles. The highest BCUT2D eigenvalue weighted by Gasteiger charge is 2.21. The van der Waals surface area contributed by atoms with Crippen LogP contribution in [0.2, 0.25) is 10.0 Å². The highest BCUT2D eigenvalue weighted by atomic mass is 35.5. The molecule has 4 aromatic rings. The number of ether oxygens (including phenoxy) is 2. The molecular formula is C33H38Cl2N6O3. The van der Waals surface area contributed by atoms with E-state index in [0.29, 0.717) is 50.7 Å². The van der Waals surface area contributed by atoms with Crippen LogP contribution >= 0.6 is 23.2 Å². The third-order valence-corrected chi connectivity index (χ3v) is 8.16. The molecule has 1 fully saturated rings. The van der Waals surface area contributed by atoms with Crippen molar-refractivity contribution in [2.45, 2.75) is 20.8 Å². The van der Waals surface area contributed by atoms with Gasteiger partial charge in [0.05, 0.1) is 41.3 Å². The quantitative estimate of drug-likeness (QED) is 0.143. The number of rotatable bonds is 9. The van der Waals surface area contributed by atoms with E-state index in [2.05, 4.69) is 50.0 Å². The molecule has 1 saturated heterocycles. The van der Waals surface area contributed by atoms with Crippen molar-refractivity contribution in [2.24, 2.45) is 0 Å². The number of nitrogens with one attached hydrogen (secondary N) is 2. The van der Waals surface area contributed by atoms with Gasteiger partial charge in [-0.2, -0.15) is 0 Å². The number of likely N-dealkylation sites (N-methyl/N-ethyl adjacent to an activating group) is 1. The summed E-state index contributed by atoms with van der Waals surface area (Å²) in [6, 6.07) is 9.57. The first kappa shape index (κ1) is 32.9. The Morgan fingerprint density at radius 1 is 0.955 bits per heavy atom. The minimum Gasteiger partial charge on any atom is -0.495 e. The van der Waals surface area contributed by atoms with Gasteiger partial charge in [0, 0.05) is 66.7 Å². The number of allylic oxidation sites excluding steroid dienone is 1. The lowest BCUT2D eigenvalue weighted by atomic mass is 10.1. The number of amides is 1. The Hall–Kier alpha value is -4.05. The summed E-state index contributed by atoms with van der Waals surface area (Å²) in [5, 5.41) is 8.66. The molecule has 0 atom stereocenters. The van der Waals surface area contributed by atoms with Gasteiger partial charge in [-0.3, -0.25) is 9.78 Å². The van der Waals surface area contributed by atoms with E-state index in [1.807, 2.05) is 32.0 Å². The molecule has 0 radical (unpaired) electrons. The molecule has 0 unspecified atom stereocenters. The number of carbonyl (C=O) groups excluding carboxylic acids is 1. The average molecular weight is 638 g/mol. The molecule has 5 rings (SSSR count). The first-order valence-electron chi connectivity index (χ1n) is 14.3. The number of aromatic nitrogens is 2. The fourth-order valence-electron chi connectivity index (χ4n) is 5.10. The third kappa shape index (κ3) is 7.18. The lowest BCUT2D eigenvalue weighted by molar-refractivity contribution is -0.105. The van der Waals surface area contributed by atoms with Crippen LogP contribution in [0.15, 0.2) is 55.4 Å². The first-order valence-corrected chi connectivity index (χ1v) is 15.1. The summed E-state index contributed by atoms with van der Waals surface area (Å²) in [7, 11) is 3.06. The monoisotopic (exact) mass is 636 g/mol. The summed E-state index contributed by atoms with van der Waals surface area (Å²) >= 11 is 13.2. The maximum absolute atomic E-state index is 11.5. The highest BCUT2D eigenvalue weighted by Crippen LogP contribution is 2.45. The maximum Gasteiger partial charge on any atom is 0.211 e. The van der Waals surface area contributed by atoms with Gasteiger partial charge >= 0.3 is 0 Å². The molecule has 1 aliphatic heterocycles. The molecule has 1 aliphatic rings. The summed E-state index contributed by atoms with van der Waals surface area (Å²) in [6.07, 6.45) is 5.94. The number of methoxy groups -OCH3 is 2. The van der Waals surface area contributed by atoms with Gasteiger partial charge < -0.3 is 29.9 Å². The first-order chi connectivity index (χ1) is 21.3. The van der Waals surface area contributed by atoms with Crippen LogP contribution < -0.4 is 25.0 Å². The third-order valence-electron chi connectivity index (χ3n) is 7.41. The van der Waals surface area contributed by atoms with Crippen molar-refractivity contribution in [3.8, 4) is 22.8 Å². The molecule has 2 aromatic heterocycles. The standard InChI is InChI=1S/C30H32Cl2N6O3.C3H6/c1-5-37-6-8-38(9-7-37)21-10-18(2)30(23(13-21)35-17-39)36-26-12-20-15-33-22(11-19(20)16-34-26)27-28(31)24(40-3)14-25(41-4)29(27)32;1-3-2/h10-17H,5-9H2,1-4H3,(H,34,36)(H,35,39);3H,1H2,2H3. The molecule has 2 N–H and O–H groups in total. The van der Waals surface area contributed by atoms with E-state index >= 15 is 0 Å². The van der Waals surface area contributed by atoms with Crippen LogP contribution in [0.25, 0.3) is 22.0 Å². The lowest BCUT2D eigenvalue weighted by Gasteiger charge is -2.36. The number of pyridine rings is 2. The van der Waals surface area contributed by atoms with Gasteiger partial charge in [0.2, 0.25) is 6.41 Å². The summed E-state index contributed by atoms with van der Waals surface area (Å²) in [4.78, 5) is 25.6. The molecule has 0 spiro atoms. The smallest absolute Gasteiger partial charge is 0.211 e. The highest BCUT2D eigenvalue weighted by molar-refractivity contribution is 6.41. The summed E-state index contributed by atoms with van der Waals surface area (Å²) in [5.74, 6) is 1.49. The number of nitrogens with zero attached hydrogens (tertiary/aromatic N) is 4. The molecule has 0 aliphatic carbocycles. The predicted molar refractivity (Wildman–Crippen MR) is 182 cm³/mol. The van der Waals surface area contributed by atoms with Gasteiger partial charge in [-0.25, -0.2) is 4.98 Å². The van der Waals surface area contributed by atoms with Crippen molar-refractivity contribution in [2.75, 3.05) is 62.5 Å². The van der Waals surface area contributed by atoms with Crippen LogP contribution in [-0.4, -0.2) is 68.2 Å². The zero-order chi connectivity index (χ0) is 31.8. The number of hydrogen-bond acceptors (Lipinski definition) is 8. The number of hydrogen-bond donors (Lipinski definition) is 2. The van der Waals surface area contributed by atoms with E-state index in [-0.39, 0.29) is 0 Å². The van der Waals surface area contributed by atoms with Gasteiger partial charge in [0.1, 0.15) is 17.3 Å². The average Bonchev–Trinajstić information content (AvgIpc) is 3.03. The van der Waals surface area contributed by atoms with Gasteiger partial charge in [0.15, 0.2) is 0 Å². The Kier molecular flexibility index (Phi) is 11.3. The SMILES string of the molecule is C=CC.CCN1CCN(c2cc(C)c(Nc3cc4cnc(-c5c(Cl)c(OC)cc(OC)c5Cl)cc4cn3)c(NC=O)c2)CC1. The van der Waals surface area contributed by atoms with Crippen molar-refractivity contribution in [3.05, 3.63) is 71.0 Å². The molecule has 232 valence electrons. The number of anilines is 4. The van der Waals surface area contributed by atoms with Crippen LogP contribution in [0.1, 0.15) is 19.4 Å². The van der Waals surface area contributed by atoms with Crippen molar-refractivity contribution in [3.63, 3.8) is 0 Å². The maximum atomic E-state index is 11.5. The summed E-state index contributed by atoms with van der Waals surface area (Å²) < 4.78 is 10.8. The summed E-state index contributed by atoms with van der Waals surface area (Å²) in [6.45, 7) is 14.4. The lowest BCUT2D eigenvalue weighted by Crippen LogP contribution is -2.46. The Balaban J connectivity index is 0.00000141. The number of halogens is 2. The fraction of sp³-hybridized carbons (Fsp3) is 0.303. The van der Waals surface area contributed by atoms with Gasteiger partial charge in [0.25, 0.3) is 0 Å². The molecule has 11 heteroatoms. The van der Waals surface area contributed by atoms with Crippen molar-refractivity contribution < 1.29 is 14.3 Å². The van der Waals surface area contributed by atoms with Gasteiger partial charge in [-0.05, 0) is 50.2 Å². The normalized spacial score (nSPS) is 13.1. The topological polar surface area (TPSA) is 91.8 Å². The predicted octanol–water partition coefficient (Wildman–Crippen LogP) is 7.58. The molecule has 1 amide bonds. The van der Waals surface area contributed by atoms with Crippen molar-refractivity contribution >= 4 is 63.3 Å². The van der Waals surface area contributed by atoms with E-state index in [0.717, 1.165) is 60.4 Å². The molecule has 3 heterocycles. The molecule has 44 heavy (non-hydrogen) atoms. The molecule has 0 saturated carbocycles. The van der Waals surface area contributed by atoms with Crippen LogP contribution in [0.4, 0.5) is 22.9 Å².